The van der Waals surface area contributed by atoms with Crippen LogP contribution in [0.25, 0.3) is 0 Å². The summed E-state index contributed by atoms with van der Waals surface area (Å²) in [5.74, 6) is -4.59. The highest BCUT2D eigenvalue weighted by atomic mass is 27.3. The van der Waals surface area contributed by atoms with Crippen molar-refractivity contribution in [1.29, 1.82) is 0 Å². The van der Waals surface area contributed by atoms with Gasteiger partial charge in [-0.2, -0.15) is 0 Å². The molecule has 0 radical (unpaired) electrons. The standard InChI is InChI=1S/3C11H23O4.Al/c3*1-8(2)13-11(7-12,14-9(3)4)15-10(5)6;/h3*8-10H,7H2,1-6H3;/q3*-1;+3. The maximum atomic E-state index is 6.42. The predicted octanol–water partition coefficient (Wildman–Crippen LogP) is 6.81. The van der Waals surface area contributed by atoms with Gasteiger partial charge in [0, 0.05) is 0 Å². The van der Waals surface area contributed by atoms with E-state index in [1.54, 1.807) is 0 Å². The fraction of sp³-hybridized carbons (Fsp3) is 1.00. The van der Waals surface area contributed by atoms with Crippen LogP contribution in [0.4, 0.5) is 0 Å². The molecule has 0 saturated carbocycles. The van der Waals surface area contributed by atoms with Crippen molar-refractivity contribution in [1.82, 2.24) is 0 Å². The van der Waals surface area contributed by atoms with Crippen LogP contribution in [0.1, 0.15) is 125 Å². The minimum atomic E-state index is -3.16. The number of hydrogen-bond acceptors (Lipinski definition) is 12. The van der Waals surface area contributed by atoms with Crippen LogP contribution in [0.5, 0.6) is 0 Å². The Labute approximate surface area is 286 Å². The summed E-state index contributed by atoms with van der Waals surface area (Å²) in [6.07, 6.45) is -2.12. The van der Waals surface area contributed by atoms with E-state index in [1.165, 1.54) is 0 Å². The molecule has 276 valence electrons. The molecule has 46 heavy (non-hydrogen) atoms. The van der Waals surface area contributed by atoms with Crippen molar-refractivity contribution in [2.24, 2.45) is 0 Å². The summed E-state index contributed by atoms with van der Waals surface area (Å²) in [5, 5.41) is 0. The van der Waals surface area contributed by atoms with Gasteiger partial charge in [-0.05, 0) is 125 Å². The second kappa shape index (κ2) is 22.0. The molecule has 0 unspecified atom stereocenters. The first-order valence-corrected chi connectivity index (χ1v) is 18.4. The van der Waals surface area contributed by atoms with Gasteiger partial charge in [-0.3, -0.25) is 0 Å². The smallest absolute Gasteiger partial charge is 0.448 e. The number of hydrogen-bond donors (Lipinski definition) is 0. The maximum absolute atomic E-state index is 6.42. The summed E-state index contributed by atoms with van der Waals surface area (Å²) in [6.45, 7) is 33.8. The van der Waals surface area contributed by atoms with E-state index in [2.05, 4.69) is 0 Å². The van der Waals surface area contributed by atoms with E-state index < -0.39 is 33.1 Å². The van der Waals surface area contributed by atoms with Crippen LogP contribution in [0, 0.1) is 0 Å². The molecule has 0 fully saturated rings. The van der Waals surface area contributed by atoms with E-state index in [0.29, 0.717) is 0 Å². The molecule has 0 bridgehead atoms. The van der Waals surface area contributed by atoms with Crippen LogP contribution >= 0.6 is 0 Å². The summed E-state index contributed by atoms with van der Waals surface area (Å²) in [5.41, 5.74) is 0. The zero-order chi connectivity index (χ0) is 35.9. The molecule has 0 atom stereocenters. The third kappa shape index (κ3) is 20.5. The molecule has 0 aromatic heterocycles. The highest BCUT2D eigenvalue weighted by Crippen LogP contribution is 2.28. The Morgan fingerprint density at radius 1 is 0.283 bits per heavy atom. The third-order valence-electron chi connectivity index (χ3n) is 4.93. The molecule has 0 aromatic carbocycles. The summed E-state index contributed by atoms with van der Waals surface area (Å²) in [6, 6.07) is 0. The molecular formula is C33H69AlO12. The first-order chi connectivity index (χ1) is 21.0. The molecule has 12 nitrogen and oxygen atoms in total. The lowest BCUT2D eigenvalue weighted by Gasteiger charge is -2.40. The number of ether oxygens (including phenoxy) is 9. The summed E-state index contributed by atoms with van der Waals surface area (Å²) < 4.78 is 75.1. The van der Waals surface area contributed by atoms with Crippen molar-refractivity contribution in [3.05, 3.63) is 0 Å². The summed E-state index contributed by atoms with van der Waals surface area (Å²) >= 11 is -3.16. The largest absolute Gasteiger partial charge is 0.906 e. The van der Waals surface area contributed by atoms with Crippen molar-refractivity contribution < 1.29 is 54.0 Å². The Hall–Kier alpha value is 0.0525. The third-order valence-corrected chi connectivity index (χ3v) is 6.24. The van der Waals surface area contributed by atoms with Gasteiger partial charge < -0.3 is 54.0 Å². The minimum Gasteiger partial charge on any atom is -0.448 e. The lowest BCUT2D eigenvalue weighted by molar-refractivity contribution is -0.425. The average molecular weight is 685 g/mol. The van der Waals surface area contributed by atoms with Crippen LogP contribution in [0.2, 0.25) is 0 Å². The summed E-state index contributed by atoms with van der Waals surface area (Å²) in [4.78, 5) is 0. The van der Waals surface area contributed by atoms with E-state index in [0.717, 1.165) is 0 Å². The van der Waals surface area contributed by atoms with Gasteiger partial charge in [0.1, 0.15) is 19.8 Å². The molecule has 0 heterocycles. The van der Waals surface area contributed by atoms with Gasteiger partial charge in [0.25, 0.3) is 0 Å². The van der Waals surface area contributed by atoms with Gasteiger partial charge in [0.05, 0.1) is 54.9 Å². The molecule has 0 aliphatic heterocycles. The Bertz CT molecular complexity index is 594. The van der Waals surface area contributed by atoms with E-state index in [4.69, 9.17) is 54.0 Å². The van der Waals surface area contributed by atoms with Crippen molar-refractivity contribution in [3.63, 3.8) is 0 Å². The van der Waals surface area contributed by atoms with Crippen molar-refractivity contribution >= 4 is 15.1 Å². The molecule has 0 N–H and O–H groups in total. The van der Waals surface area contributed by atoms with Gasteiger partial charge >= 0.3 is 33.1 Å². The lowest BCUT2D eigenvalue weighted by Crippen LogP contribution is -2.54. The maximum Gasteiger partial charge on any atom is 0.906 e. The average Bonchev–Trinajstić information content (AvgIpc) is 2.79. The van der Waals surface area contributed by atoms with E-state index in [-0.39, 0.29) is 74.8 Å². The van der Waals surface area contributed by atoms with Crippen molar-refractivity contribution in [3.8, 4) is 0 Å². The van der Waals surface area contributed by atoms with Gasteiger partial charge in [-0.25, -0.2) is 0 Å². The quantitative estimate of drug-likeness (QED) is 0.0670. The van der Waals surface area contributed by atoms with Gasteiger partial charge in [0.15, 0.2) is 0 Å². The SMILES string of the molecule is CC(C)OC(C[O][Al]([O]CC(OC(C)C)(OC(C)C)OC(C)C)[O]CC(OC(C)C)(OC(C)C)OC(C)C)(OC(C)C)OC(C)C. The molecule has 0 aliphatic carbocycles. The monoisotopic (exact) mass is 684 g/mol. The minimum absolute atomic E-state index is 0.152. The van der Waals surface area contributed by atoms with Crippen LogP contribution in [0.15, 0.2) is 0 Å². The second-order valence-electron chi connectivity index (χ2n) is 13.8. The van der Waals surface area contributed by atoms with E-state index in [9.17, 15) is 0 Å². The molecule has 0 rings (SSSR count). The zero-order valence-electron chi connectivity index (χ0n) is 32.3. The molecule has 0 saturated heterocycles. The fourth-order valence-corrected chi connectivity index (χ4v) is 5.75. The van der Waals surface area contributed by atoms with Crippen LogP contribution < -0.4 is 0 Å². The predicted molar refractivity (Wildman–Crippen MR) is 178 cm³/mol. The van der Waals surface area contributed by atoms with E-state index in [1.807, 2.05) is 125 Å². The Morgan fingerprint density at radius 2 is 0.413 bits per heavy atom. The van der Waals surface area contributed by atoms with Crippen LogP contribution in [-0.2, 0) is 54.0 Å². The van der Waals surface area contributed by atoms with E-state index >= 15 is 0 Å². The van der Waals surface area contributed by atoms with Crippen molar-refractivity contribution in [2.75, 3.05) is 19.8 Å². The summed E-state index contributed by atoms with van der Waals surface area (Å²) in [7, 11) is 0. The Kier molecular flexibility index (Phi) is 22.0. The second-order valence-corrected chi connectivity index (χ2v) is 15.3. The molecular weight excluding hydrogens is 615 g/mol. The topological polar surface area (TPSA) is 111 Å². The van der Waals surface area contributed by atoms with Gasteiger partial charge in [0.2, 0.25) is 0 Å². The number of rotatable bonds is 27. The van der Waals surface area contributed by atoms with Crippen LogP contribution in [0.3, 0.4) is 0 Å². The van der Waals surface area contributed by atoms with Crippen LogP contribution in [-0.4, -0.2) is 108 Å². The highest BCUT2D eigenvalue weighted by Gasteiger charge is 2.48. The zero-order valence-corrected chi connectivity index (χ0v) is 33.4. The highest BCUT2D eigenvalue weighted by molar-refractivity contribution is 6.36. The fourth-order valence-electron chi connectivity index (χ4n) is 4.44. The molecule has 0 spiro atoms. The van der Waals surface area contributed by atoms with Gasteiger partial charge in [-0.15, -0.1) is 0 Å². The molecule has 0 aliphatic rings. The first kappa shape index (κ1) is 46.1. The van der Waals surface area contributed by atoms with Crippen molar-refractivity contribution in [2.45, 2.75) is 197 Å². The normalized spacial score (nSPS) is 13.9. The molecule has 13 heteroatoms. The lowest BCUT2D eigenvalue weighted by atomic mass is 10.4. The molecule has 0 aromatic rings. The molecule has 0 amide bonds. The first-order valence-electron chi connectivity index (χ1n) is 17.0. The Balaban J connectivity index is 6.72. The van der Waals surface area contributed by atoms with Gasteiger partial charge in [-0.1, -0.05) is 0 Å². The Morgan fingerprint density at radius 3 is 0.522 bits per heavy atom.